The molecule has 0 saturated carbocycles. The summed E-state index contributed by atoms with van der Waals surface area (Å²) in [6.45, 7) is 2.69. The van der Waals surface area contributed by atoms with Gasteiger partial charge in [-0.1, -0.05) is 11.8 Å². The van der Waals surface area contributed by atoms with E-state index < -0.39 is 5.97 Å². The molecule has 4 rings (SSSR count). The molecule has 10 heteroatoms. The van der Waals surface area contributed by atoms with Crippen LogP contribution in [0.15, 0.2) is 46.4 Å². The highest BCUT2D eigenvalue weighted by atomic mass is 32.2. The number of carboxylic acids is 1. The van der Waals surface area contributed by atoms with Crippen molar-refractivity contribution in [1.29, 1.82) is 0 Å². The summed E-state index contributed by atoms with van der Waals surface area (Å²) in [6, 6.07) is 7.38. The molecule has 8 nitrogen and oxygen atoms in total. The third-order valence-corrected chi connectivity index (χ3v) is 8.74. The average molecular weight is 517 g/mol. The fourth-order valence-electron chi connectivity index (χ4n) is 4.99. The second-order valence-electron chi connectivity index (χ2n) is 8.90. The van der Waals surface area contributed by atoms with Crippen LogP contribution in [0.1, 0.15) is 37.3 Å². The molecule has 1 aliphatic heterocycles. The predicted octanol–water partition coefficient (Wildman–Crippen LogP) is 4.71. The Morgan fingerprint density at radius 2 is 2.20 bits per heavy atom. The van der Waals surface area contributed by atoms with Crippen LogP contribution in [0, 0.1) is 11.8 Å². The summed E-state index contributed by atoms with van der Waals surface area (Å²) >= 11 is 3.40. The third kappa shape index (κ3) is 6.92. The monoisotopic (exact) mass is 516 g/mol. The topological polar surface area (TPSA) is 108 Å². The zero-order valence-electron chi connectivity index (χ0n) is 19.8. The summed E-state index contributed by atoms with van der Waals surface area (Å²) in [6.07, 6.45) is 6.25. The Labute approximate surface area is 213 Å². The number of hydrogen-bond donors (Lipinski definition) is 3. The van der Waals surface area contributed by atoms with Crippen molar-refractivity contribution in [3.05, 3.63) is 47.6 Å². The van der Waals surface area contributed by atoms with Gasteiger partial charge in [0.1, 0.15) is 10.1 Å². The Kier molecular flexibility index (Phi) is 9.33. The molecule has 3 heterocycles. The van der Waals surface area contributed by atoms with E-state index in [1.807, 2.05) is 35.8 Å². The first-order chi connectivity index (χ1) is 17.1. The van der Waals surface area contributed by atoms with Crippen molar-refractivity contribution in [3.8, 4) is 5.75 Å². The number of benzene rings is 1. The molecule has 1 saturated heterocycles. The number of piperidine rings is 1. The van der Waals surface area contributed by atoms with Crippen molar-refractivity contribution >= 4 is 40.0 Å². The first kappa shape index (κ1) is 25.8. The molecule has 0 aliphatic carbocycles. The minimum Gasteiger partial charge on any atom is -0.497 e. The van der Waals surface area contributed by atoms with Crippen molar-refractivity contribution < 1.29 is 19.8 Å². The number of hydroxylamine groups is 1. The molecule has 1 aliphatic rings. The molecular weight excluding hydrogens is 484 g/mol. The number of aliphatic carboxylic acids is 1. The molecular formula is C25H32N4O4S2. The lowest BCUT2D eigenvalue weighted by atomic mass is 9.79. The number of nitrogens with one attached hydrogen (secondary N) is 1. The summed E-state index contributed by atoms with van der Waals surface area (Å²) in [5.74, 6) is 1.34. The second-order valence-corrected chi connectivity index (χ2v) is 11.1. The standard InChI is InChI=1S/C25H32N4O4S2/c1-33-19-3-5-22-21(15-19)20(6-8-26-22)23(28-32)4-2-17-7-10-29(16-18(17)14-24(30)31)11-13-35-25-27-9-12-34-25/h3,5-6,8-9,12,15,17-18,23,28,32H,2,4,7,10-11,13-14,16H2,1H3,(H,30,31)/t17-,18+,23-/m1/s1. The van der Waals surface area contributed by atoms with Gasteiger partial charge < -0.3 is 20.0 Å². The second kappa shape index (κ2) is 12.6. The van der Waals surface area contributed by atoms with Crippen molar-refractivity contribution in [2.24, 2.45) is 11.8 Å². The van der Waals surface area contributed by atoms with Gasteiger partial charge in [0.2, 0.25) is 0 Å². The van der Waals surface area contributed by atoms with Crippen LogP contribution in [-0.4, -0.2) is 63.6 Å². The van der Waals surface area contributed by atoms with Gasteiger partial charge in [-0.15, -0.1) is 11.3 Å². The molecule has 0 spiro atoms. The first-order valence-corrected chi connectivity index (χ1v) is 13.7. The van der Waals surface area contributed by atoms with E-state index in [0.29, 0.717) is 12.3 Å². The molecule has 0 unspecified atom stereocenters. The lowest BCUT2D eigenvalue weighted by molar-refractivity contribution is -0.139. The summed E-state index contributed by atoms with van der Waals surface area (Å²) in [5.41, 5.74) is 4.29. The summed E-state index contributed by atoms with van der Waals surface area (Å²) < 4.78 is 6.46. The van der Waals surface area contributed by atoms with Gasteiger partial charge in [-0.2, -0.15) is 5.48 Å². The number of methoxy groups -OCH3 is 1. The van der Waals surface area contributed by atoms with Crippen LogP contribution >= 0.6 is 23.1 Å². The highest BCUT2D eigenvalue weighted by Crippen LogP contribution is 2.35. The van der Waals surface area contributed by atoms with Crippen molar-refractivity contribution in [2.45, 2.75) is 36.1 Å². The van der Waals surface area contributed by atoms with Gasteiger partial charge in [0, 0.05) is 48.4 Å². The Morgan fingerprint density at radius 3 is 2.94 bits per heavy atom. The molecule has 3 aromatic rings. The molecule has 35 heavy (non-hydrogen) atoms. The highest BCUT2D eigenvalue weighted by Gasteiger charge is 2.31. The molecule has 0 amide bonds. The van der Waals surface area contributed by atoms with Crippen molar-refractivity contribution in [1.82, 2.24) is 20.3 Å². The van der Waals surface area contributed by atoms with E-state index in [0.717, 1.165) is 64.8 Å². The molecule has 3 atom stereocenters. The summed E-state index contributed by atoms with van der Waals surface area (Å²) in [4.78, 5) is 22.7. The molecule has 1 aromatic carbocycles. The van der Waals surface area contributed by atoms with E-state index in [9.17, 15) is 15.1 Å². The smallest absolute Gasteiger partial charge is 0.303 e. The minimum atomic E-state index is -0.747. The first-order valence-electron chi connectivity index (χ1n) is 11.9. The molecule has 1 fully saturated rings. The SMILES string of the molecule is COc1ccc2nccc([C@@H](CC[C@@H]3CCN(CCSc4nccs4)C[C@@H]3CC(=O)O)NO)c2c1. The number of fused-ring (bicyclic) bond motifs is 1. The molecule has 0 bridgehead atoms. The maximum Gasteiger partial charge on any atom is 0.303 e. The molecule has 2 aromatic heterocycles. The fourth-order valence-corrected chi connectivity index (χ4v) is 6.69. The number of rotatable bonds is 12. The molecule has 3 N–H and O–H groups in total. The van der Waals surface area contributed by atoms with Crippen LogP contribution in [0.4, 0.5) is 0 Å². The zero-order chi connectivity index (χ0) is 24.6. The van der Waals surface area contributed by atoms with Crippen LogP contribution in [0.2, 0.25) is 0 Å². The number of thiazole rings is 1. The number of aromatic nitrogens is 2. The van der Waals surface area contributed by atoms with Crippen molar-refractivity contribution in [2.75, 3.05) is 32.5 Å². The molecule has 0 radical (unpaired) electrons. The van der Waals surface area contributed by atoms with E-state index in [1.54, 1.807) is 36.4 Å². The number of ether oxygens (including phenoxy) is 1. The fraction of sp³-hybridized carbons (Fsp3) is 0.480. The number of hydrogen-bond acceptors (Lipinski definition) is 9. The van der Waals surface area contributed by atoms with E-state index in [1.165, 1.54) is 0 Å². The lowest BCUT2D eigenvalue weighted by Gasteiger charge is -2.38. The van der Waals surface area contributed by atoms with Crippen molar-refractivity contribution in [3.63, 3.8) is 0 Å². The molecule has 188 valence electrons. The quantitative estimate of drug-likeness (QED) is 0.233. The predicted molar refractivity (Wildman–Crippen MR) is 138 cm³/mol. The van der Waals surface area contributed by atoms with Crippen LogP contribution in [0.25, 0.3) is 10.9 Å². The van der Waals surface area contributed by atoms with Gasteiger partial charge in [-0.25, -0.2) is 4.98 Å². The van der Waals surface area contributed by atoms with E-state index in [4.69, 9.17) is 4.74 Å². The third-order valence-electron chi connectivity index (χ3n) is 6.79. The van der Waals surface area contributed by atoms with Crippen LogP contribution in [0.5, 0.6) is 5.75 Å². The van der Waals surface area contributed by atoms with Gasteiger partial charge in [-0.05, 0) is 67.5 Å². The zero-order valence-corrected chi connectivity index (χ0v) is 21.4. The van der Waals surface area contributed by atoms with Gasteiger partial charge in [0.05, 0.1) is 18.7 Å². The lowest BCUT2D eigenvalue weighted by Crippen LogP contribution is -2.42. The summed E-state index contributed by atoms with van der Waals surface area (Å²) in [5, 5.41) is 22.5. The van der Waals surface area contributed by atoms with Gasteiger partial charge in [-0.3, -0.25) is 9.78 Å². The van der Waals surface area contributed by atoms with Gasteiger partial charge in [0.15, 0.2) is 0 Å². The largest absolute Gasteiger partial charge is 0.497 e. The Bertz CT molecular complexity index is 1100. The average Bonchev–Trinajstić information content (AvgIpc) is 3.38. The number of carbonyl (C=O) groups is 1. The number of nitrogens with zero attached hydrogens (tertiary/aromatic N) is 3. The van der Waals surface area contributed by atoms with Gasteiger partial charge >= 0.3 is 5.97 Å². The van der Waals surface area contributed by atoms with E-state index in [-0.39, 0.29) is 18.4 Å². The van der Waals surface area contributed by atoms with E-state index in [2.05, 4.69) is 20.3 Å². The van der Waals surface area contributed by atoms with E-state index >= 15 is 0 Å². The van der Waals surface area contributed by atoms with Crippen LogP contribution in [0.3, 0.4) is 0 Å². The summed E-state index contributed by atoms with van der Waals surface area (Å²) in [7, 11) is 1.63. The highest BCUT2D eigenvalue weighted by molar-refractivity contribution is 8.01. The normalized spacial score (nSPS) is 19.6. The number of pyridine rings is 1. The Balaban J connectivity index is 1.39. The van der Waals surface area contributed by atoms with Crippen LogP contribution in [-0.2, 0) is 4.79 Å². The minimum absolute atomic E-state index is 0.0970. The van der Waals surface area contributed by atoms with Crippen LogP contribution < -0.4 is 10.2 Å². The number of thioether (sulfide) groups is 1. The Morgan fingerprint density at radius 1 is 1.31 bits per heavy atom. The number of likely N-dealkylation sites (tertiary alicyclic amines) is 1. The number of carboxylic acid groups (broad SMARTS) is 1. The maximum atomic E-state index is 11.6. The maximum absolute atomic E-state index is 11.6. The Hall–Kier alpha value is -2.24. The van der Waals surface area contributed by atoms with Gasteiger partial charge in [0.25, 0.3) is 0 Å².